The minimum atomic E-state index is -1.07. The van der Waals surface area contributed by atoms with Crippen LogP contribution in [-0.2, 0) is 16.0 Å². The number of nitrogens with one attached hydrogen (secondary N) is 1. The fourth-order valence-electron chi connectivity index (χ4n) is 2.76. The summed E-state index contributed by atoms with van der Waals surface area (Å²) in [6.45, 7) is 1.45. The predicted octanol–water partition coefficient (Wildman–Crippen LogP) is 4.60. The van der Waals surface area contributed by atoms with E-state index < -0.39 is 23.8 Å². The zero-order valence-corrected chi connectivity index (χ0v) is 15.4. The molecule has 3 aromatic rings. The minimum absolute atomic E-state index is 0.0416. The van der Waals surface area contributed by atoms with Crippen molar-refractivity contribution in [2.75, 3.05) is 5.32 Å². The second-order valence-electron chi connectivity index (χ2n) is 6.34. The lowest BCUT2D eigenvalue weighted by molar-refractivity contribution is -0.123. The Hall–Kier alpha value is -3.47. The minimum Gasteiger partial charge on any atom is -0.449 e. The van der Waals surface area contributed by atoms with E-state index in [1.54, 1.807) is 18.2 Å². The van der Waals surface area contributed by atoms with Crippen molar-refractivity contribution in [3.05, 3.63) is 101 Å². The molecular weight excluding hydrogens is 357 g/mol. The molecule has 4 nitrogen and oxygen atoms in total. The van der Waals surface area contributed by atoms with Crippen molar-refractivity contribution in [1.82, 2.24) is 0 Å². The van der Waals surface area contributed by atoms with Gasteiger partial charge in [-0.1, -0.05) is 60.7 Å². The predicted molar refractivity (Wildman–Crippen MR) is 106 cm³/mol. The largest absolute Gasteiger partial charge is 0.449 e. The van der Waals surface area contributed by atoms with E-state index in [0.717, 1.165) is 11.1 Å². The number of hydrogen-bond donors (Lipinski definition) is 1. The van der Waals surface area contributed by atoms with Crippen LogP contribution in [0.3, 0.4) is 0 Å². The SMILES string of the molecule is CC(OC(=O)c1ccccc1Cc1ccccc1)C(=O)Nc1ccccc1F. The maximum absolute atomic E-state index is 13.7. The van der Waals surface area contributed by atoms with Crippen molar-refractivity contribution >= 4 is 17.6 Å². The number of amides is 1. The van der Waals surface area contributed by atoms with Crippen LogP contribution in [0.4, 0.5) is 10.1 Å². The number of carbonyl (C=O) groups is 2. The van der Waals surface area contributed by atoms with Crippen LogP contribution in [0.25, 0.3) is 0 Å². The van der Waals surface area contributed by atoms with Gasteiger partial charge in [-0.2, -0.15) is 0 Å². The summed E-state index contributed by atoms with van der Waals surface area (Å²) in [5, 5.41) is 2.43. The summed E-state index contributed by atoms with van der Waals surface area (Å²) in [6.07, 6.45) is -0.501. The monoisotopic (exact) mass is 377 g/mol. The maximum atomic E-state index is 13.7. The molecule has 0 saturated carbocycles. The summed E-state index contributed by atoms with van der Waals surface area (Å²) in [7, 11) is 0. The number of rotatable bonds is 6. The molecule has 0 radical (unpaired) electrons. The summed E-state index contributed by atoms with van der Waals surface area (Å²) in [6, 6.07) is 22.7. The van der Waals surface area contributed by atoms with Gasteiger partial charge in [0, 0.05) is 0 Å². The summed E-state index contributed by atoms with van der Waals surface area (Å²) in [5.74, 6) is -1.75. The third-order valence-electron chi connectivity index (χ3n) is 4.26. The lowest BCUT2D eigenvalue weighted by atomic mass is 10.00. The molecule has 1 unspecified atom stereocenters. The third-order valence-corrected chi connectivity index (χ3v) is 4.26. The second kappa shape index (κ2) is 8.95. The van der Waals surface area contributed by atoms with E-state index in [0.29, 0.717) is 12.0 Å². The van der Waals surface area contributed by atoms with E-state index >= 15 is 0 Å². The van der Waals surface area contributed by atoms with E-state index in [1.807, 2.05) is 42.5 Å². The van der Waals surface area contributed by atoms with Gasteiger partial charge in [0.15, 0.2) is 6.10 Å². The molecule has 5 heteroatoms. The van der Waals surface area contributed by atoms with Crippen molar-refractivity contribution in [2.24, 2.45) is 0 Å². The fraction of sp³-hybridized carbons (Fsp3) is 0.130. The zero-order chi connectivity index (χ0) is 19.9. The average Bonchev–Trinajstić information content (AvgIpc) is 2.70. The molecule has 0 aliphatic rings. The molecule has 0 fully saturated rings. The highest BCUT2D eigenvalue weighted by Gasteiger charge is 2.21. The van der Waals surface area contributed by atoms with Gasteiger partial charge < -0.3 is 10.1 Å². The van der Waals surface area contributed by atoms with E-state index in [9.17, 15) is 14.0 Å². The first-order valence-corrected chi connectivity index (χ1v) is 8.93. The first-order chi connectivity index (χ1) is 13.5. The molecule has 0 saturated heterocycles. The Morgan fingerprint density at radius 1 is 0.929 bits per heavy atom. The molecule has 0 aliphatic heterocycles. The molecule has 28 heavy (non-hydrogen) atoms. The van der Waals surface area contributed by atoms with Crippen LogP contribution in [-0.4, -0.2) is 18.0 Å². The number of benzene rings is 3. The Bertz CT molecular complexity index is 972. The fourth-order valence-corrected chi connectivity index (χ4v) is 2.76. The van der Waals surface area contributed by atoms with Crippen molar-refractivity contribution in [3.63, 3.8) is 0 Å². The smallest absolute Gasteiger partial charge is 0.339 e. The van der Waals surface area contributed by atoms with Gasteiger partial charge in [0.1, 0.15) is 5.82 Å². The Balaban J connectivity index is 1.69. The standard InChI is InChI=1S/C23H20FNO3/c1-16(22(26)25-21-14-8-7-13-20(21)24)28-23(27)19-12-6-5-11-18(19)15-17-9-3-2-4-10-17/h2-14,16H,15H2,1H3,(H,25,26). The lowest BCUT2D eigenvalue weighted by Gasteiger charge is -2.15. The number of carbonyl (C=O) groups excluding carboxylic acids is 2. The summed E-state index contributed by atoms with van der Waals surface area (Å²) < 4.78 is 19.0. The highest BCUT2D eigenvalue weighted by atomic mass is 19.1. The molecule has 3 aromatic carbocycles. The summed E-state index contributed by atoms with van der Waals surface area (Å²) in [5.41, 5.74) is 2.31. The van der Waals surface area contributed by atoms with Gasteiger partial charge in [-0.25, -0.2) is 9.18 Å². The maximum Gasteiger partial charge on any atom is 0.339 e. The quantitative estimate of drug-likeness (QED) is 0.639. The van der Waals surface area contributed by atoms with Gasteiger partial charge in [-0.15, -0.1) is 0 Å². The molecule has 1 N–H and O–H groups in total. The van der Waals surface area contributed by atoms with Gasteiger partial charge in [-0.05, 0) is 42.7 Å². The molecule has 0 aliphatic carbocycles. The number of anilines is 1. The first-order valence-electron chi connectivity index (χ1n) is 8.93. The number of esters is 1. The first kappa shape index (κ1) is 19.3. The van der Waals surface area contributed by atoms with E-state index in [-0.39, 0.29) is 5.69 Å². The van der Waals surface area contributed by atoms with Gasteiger partial charge in [0.05, 0.1) is 11.3 Å². The van der Waals surface area contributed by atoms with Gasteiger partial charge in [0.25, 0.3) is 5.91 Å². The summed E-state index contributed by atoms with van der Waals surface area (Å²) >= 11 is 0. The Labute approximate surface area is 163 Å². The number of para-hydroxylation sites is 1. The Morgan fingerprint density at radius 3 is 2.32 bits per heavy atom. The number of hydrogen-bond acceptors (Lipinski definition) is 3. The van der Waals surface area contributed by atoms with Crippen LogP contribution in [0.1, 0.15) is 28.4 Å². The van der Waals surface area contributed by atoms with E-state index in [2.05, 4.69) is 5.32 Å². The molecule has 0 heterocycles. The van der Waals surface area contributed by atoms with Crippen molar-refractivity contribution in [1.29, 1.82) is 0 Å². The van der Waals surface area contributed by atoms with Crippen molar-refractivity contribution < 1.29 is 18.7 Å². The summed E-state index contributed by atoms with van der Waals surface area (Å²) in [4.78, 5) is 24.9. The van der Waals surface area contributed by atoms with Crippen molar-refractivity contribution in [3.8, 4) is 0 Å². The van der Waals surface area contributed by atoms with Crippen molar-refractivity contribution in [2.45, 2.75) is 19.4 Å². The molecular formula is C23H20FNO3. The molecule has 142 valence electrons. The van der Waals surface area contributed by atoms with Crippen LogP contribution in [0.2, 0.25) is 0 Å². The molecule has 0 aromatic heterocycles. The normalized spacial score (nSPS) is 11.5. The molecule has 0 bridgehead atoms. The topological polar surface area (TPSA) is 55.4 Å². The third kappa shape index (κ3) is 4.82. The second-order valence-corrected chi connectivity index (χ2v) is 6.34. The zero-order valence-electron chi connectivity index (χ0n) is 15.4. The van der Waals surface area contributed by atoms with Crippen LogP contribution >= 0.6 is 0 Å². The van der Waals surface area contributed by atoms with E-state index in [1.165, 1.54) is 25.1 Å². The van der Waals surface area contributed by atoms with Gasteiger partial charge in [0.2, 0.25) is 0 Å². The van der Waals surface area contributed by atoms with Gasteiger partial charge >= 0.3 is 5.97 Å². The highest BCUT2D eigenvalue weighted by molar-refractivity contribution is 5.97. The van der Waals surface area contributed by atoms with Crippen LogP contribution < -0.4 is 5.32 Å². The lowest BCUT2D eigenvalue weighted by Crippen LogP contribution is -2.30. The Kier molecular flexibility index (Phi) is 6.17. The molecule has 0 spiro atoms. The van der Waals surface area contributed by atoms with E-state index in [4.69, 9.17) is 4.74 Å². The Morgan fingerprint density at radius 2 is 1.57 bits per heavy atom. The highest BCUT2D eigenvalue weighted by Crippen LogP contribution is 2.17. The number of halogens is 1. The average molecular weight is 377 g/mol. The molecule has 1 atom stereocenters. The molecule has 1 amide bonds. The van der Waals surface area contributed by atoms with Crippen LogP contribution in [0.5, 0.6) is 0 Å². The van der Waals surface area contributed by atoms with Crippen LogP contribution in [0, 0.1) is 5.82 Å². The number of ether oxygens (including phenoxy) is 1. The van der Waals surface area contributed by atoms with Crippen LogP contribution in [0.15, 0.2) is 78.9 Å². The molecule has 3 rings (SSSR count). The van der Waals surface area contributed by atoms with Gasteiger partial charge in [-0.3, -0.25) is 4.79 Å².